The minimum atomic E-state index is -0.987. The quantitative estimate of drug-likeness (QED) is 0.843. The van der Waals surface area contributed by atoms with Crippen molar-refractivity contribution in [2.75, 3.05) is 0 Å². The van der Waals surface area contributed by atoms with E-state index in [2.05, 4.69) is 17.1 Å². The van der Waals surface area contributed by atoms with Crippen molar-refractivity contribution < 1.29 is 19.2 Å². The van der Waals surface area contributed by atoms with E-state index in [0.29, 0.717) is 17.5 Å². The lowest BCUT2D eigenvalue weighted by atomic mass is 10.1. The maximum absolute atomic E-state index is 10.9. The van der Waals surface area contributed by atoms with E-state index in [9.17, 15) is 4.79 Å². The average molecular weight is 290 g/mol. The first kappa shape index (κ1) is 15.0. The van der Waals surface area contributed by atoms with E-state index in [1.165, 1.54) is 6.07 Å². The first-order valence-corrected chi connectivity index (χ1v) is 6.88. The maximum atomic E-state index is 10.9. The van der Waals surface area contributed by atoms with Crippen LogP contribution in [0.15, 0.2) is 22.7 Å². The summed E-state index contributed by atoms with van der Waals surface area (Å²) in [5.74, 6) is 0.579. The highest BCUT2D eigenvalue weighted by atomic mass is 16.5. The van der Waals surface area contributed by atoms with E-state index < -0.39 is 5.97 Å². The minimum absolute atomic E-state index is 0.128. The standard InChI is InChI=1S/C15H18N2O4/c1-3-4-5-13-16-14(21-17-13)9-20-12-8-11(15(18)19)7-6-10(12)2/h6-8H,3-5,9H2,1-2H3,(H,18,19). The van der Waals surface area contributed by atoms with Crippen LogP contribution in [0, 0.1) is 6.92 Å². The van der Waals surface area contributed by atoms with Crippen molar-refractivity contribution in [1.29, 1.82) is 0 Å². The summed E-state index contributed by atoms with van der Waals surface area (Å²) in [6, 6.07) is 4.74. The van der Waals surface area contributed by atoms with Crippen LogP contribution in [-0.4, -0.2) is 21.2 Å². The number of unbranched alkanes of at least 4 members (excludes halogenated alkanes) is 1. The number of carboxylic acid groups (broad SMARTS) is 1. The fourth-order valence-corrected chi connectivity index (χ4v) is 1.81. The van der Waals surface area contributed by atoms with Gasteiger partial charge >= 0.3 is 5.97 Å². The van der Waals surface area contributed by atoms with Gasteiger partial charge < -0.3 is 14.4 Å². The van der Waals surface area contributed by atoms with Crippen molar-refractivity contribution in [1.82, 2.24) is 10.1 Å². The summed E-state index contributed by atoms with van der Waals surface area (Å²) in [5.41, 5.74) is 1.04. The molecule has 0 aliphatic heterocycles. The molecule has 0 fully saturated rings. The van der Waals surface area contributed by atoms with Gasteiger partial charge in [-0.3, -0.25) is 0 Å². The topological polar surface area (TPSA) is 85.5 Å². The van der Waals surface area contributed by atoms with Crippen LogP contribution in [0.5, 0.6) is 5.75 Å². The molecule has 2 aromatic rings. The predicted molar refractivity (Wildman–Crippen MR) is 75.4 cm³/mol. The number of aromatic carboxylic acids is 1. The molecule has 1 aromatic heterocycles. The Morgan fingerprint density at radius 2 is 2.24 bits per heavy atom. The molecule has 0 spiro atoms. The Labute approximate surface area is 122 Å². The van der Waals surface area contributed by atoms with Gasteiger partial charge in [-0.25, -0.2) is 4.79 Å². The van der Waals surface area contributed by atoms with Crippen LogP contribution in [0.2, 0.25) is 0 Å². The Kier molecular flexibility index (Phi) is 4.92. The Morgan fingerprint density at radius 1 is 1.43 bits per heavy atom. The van der Waals surface area contributed by atoms with Gasteiger partial charge in [0.25, 0.3) is 5.89 Å². The van der Waals surface area contributed by atoms with Crippen LogP contribution in [0.4, 0.5) is 0 Å². The molecular formula is C15H18N2O4. The van der Waals surface area contributed by atoms with Gasteiger partial charge in [0, 0.05) is 6.42 Å². The molecule has 0 amide bonds. The molecule has 112 valence electrons. The predicted octanol–water partition coefficient (Wildman–Crippen LogP) is 3.00. The van der Waals surface area contributed by atoms with Crippen molar-refractivity contribution in [3.8, 4) is 5.75 Å². The molecule has 1 heterocycles. The maximum Gasteiger partial charge on any atom is 0.335 e. The van der Waals surface area contributed by atoms with Crippen LogP contribution in [-0.2, 0) is 13.0 Å². The molecule has 0 bridgehead atoms. The van der Waals surface area contributed by atoms with Gasteiger partial charge in [0.1, 0.15) is 5.75 Å². The third-order valence-corrected chi connectivity index (χ3v) is 3.05. The van der Waals surface area contributed by atoms with E-state index in [-0.39, 0.29) is 12.2 Å². The molecule has 0 atom stereocenters. The fraction of sp³-hybridized carbons (Fsp3) is 0.400. The molecule has 0 aliphatic carbocycles. The lowest BCUT2D eigenvalue weighted by molar-refractivity contribution is 0.0696. The highest BCUT2D eigenvalue weighted by molar-refractivity contribution is 5.88. The SMILES string of the molecule is CCCCc1noc(COc2cc(C(=O)O)ccc2C)n1. The van der Waals surface area contributed by atoms with Crippen molar-refractivity contribution in [3.63, 3.8) is 0 Å². The second-order valence-corrected chi connectivity index (χ2v) is 4.78. The Hall–Kier alpha value is -2.37. The van der Waals surface area contributed by atoms with E-state index >= 15 is 0 Å². The summed E-state index contributed by atoms with van der Waals surface area (Å²) in [6.45, 7) is 4.08. The molecule has 0 aliphatic rings. The van der Waals surface area contributed by atoms with Gasteiger partial charge in [0.2, 0.25) is 0 Å². The highest BCUT2D eigenvalue weighted by Crippen LogP contribution is 2.20. The summed E-state index contributed by atoms with van der Waals surface area (Å²) >= 11 is 0. The van der Waals surface area contributed by atoms with Crippen LogP contribution in [0.1, 0.15) is 47.4 Å². The molecule has 0 saturated heterocycles. The molecule has 6 nitrogen and oxygen atoms in total. The van der Waals surface area contributed by atoms with Gasteiger partial charge in [-0.1, -0.05) is 24.6 Å². The second-order valence-electron chi connectivity index (χ2n) is 4.78. The number of nitrogens with zero attached hydrogens (tertiary/aromatic N) is 2. The van der Waals surface area contributed by atoms with Crippen molar-refractivity contribution >= 4 is 5.97 Å². The van der Waals surface area contributed by atoms with E-state index in [0.717, 1.165) is 24.8 Å². The van der Waals surface area contributed by atoms with Gasteiger partial charge in [0.15, 0.2) is 12.4 Å². The Bertz CT molecular complexity index is 622. The van der Waals surface area contributed by atoms with Gasteiger partial charge in [-0.2, -0.15) is 4.98 Å². The van der Waals surface area contributed by atoms with Crippen LogP contribution in [0.25, 0.3) is 0 Å². The van der Waals surface area contributed by atoms with Crippen LogP contribution < -0.4 is 4.74 Å². The number of benzene rings is 1. The highest BCUT2D eigenvalue weighted by Gasteiger charge is 2.10. The normalized spacial score (nSPS) is 10.6. The molecule has 0 unspecified atom stereocenters. The van der Waals surface area contributed by atoms with Crippen LogP contribution in [0.3, 0.4) is 0 Å². The minimum Gasteiger partial charge on any atom is -0.483 e. The van der Waals surface area contributed by atoms with Crippen molar-refractivity contribution in [2.45, 2.75) is 39.7 Å². The number of carbonyl (C=O) groups is 1. The van der Waals surface area contributed by atoms with Crippen LogP contribution >= 0.6 is 0 Å². The first-order chi connectivity index (χ1) is 10.1. The number of hydrogen-bond acceptors (Lipinski definition) is 5. The zero-order valence-electron chi connectivity index (χ0n) is 12.1. The fourth-order valence-electron chi connectivity index (χ4n) is 1.81. The number of carboxylic acids is 1. The Balaban J connectivity index is 2.00. The largest absolute Gasteiger partial charge is 0.483 e. The second kappa shape index (κ2) is 6.88. The van der Waals surface area contributed by atoms with E-state index in [1.807, 2.05) is 6.92 Å². The van der Waals surface area contributed by atoms with Crippen molar-refractivity contribution in [3.05, 3.63) is 41.0 Å². The van der Waals surface area contributed by atoms with Gasteiger partial charge in [-0.05, 0) is 31.0 Å². The smallest absolute Gasteiger partial charge is 0.335 e. The monoisotopic (exact) mass is 290 g/mol. The molecule has 1 N–H and O–H groups in total. The zero-order chi connectivity index (χ0) is 15.2. The number of aromatic nitrogens is 2. The zero-order valence-corrected chi connectivity index (χ0v) is 12.1. The Morgan fingerprint density at radius 3 is 2.95 bits per heavy atom. The molecule has 21 heavy (non-hydrogen) atoms. The lowest BCUT2D eigenvalue weighted by Gasteiger charge is -2.07. The molecular weight excluding hydrogens is 272 g/mol. The third-order valence-electron chi connectivity index (χ3n) is 3.05. The molecule has 2 rings (SSSR count). The molecule has 0 radical (unpaired) electrons. The summed E-state index contributed by atoms with van der Waals surface area (Å²) in [6.07, 6.45) is 2.87. The first-order valence-electron chi connectivity index (χ1n) is 6.88. The third kappa shape index (κ3) is 4.05. The summed E-state index contributed by atoms with van der Waals surface area (Å²) < 4.78 is 10.7. The lowest BCUT2D eigenvalue weighted by Crippen LogP contribution is -2.01. The molecule has 0 saturated carbocycles. The number of aryl methyl sites for hydroxylation is 2. The van der Waals surface area contributed by atoms with Crippen molar-refractivity contribution in [2.24, 2.45) is 0 Å². The summed E-state index contributed by atoms with van der Waals surface area (Å²) in [4.78, 5) is 15.2. The van der Waals surface area contributed by atoms with E-state index in [1.54, 1.807) is 12.1 Å². The van der Waals surface area contributed by atoms with Gasteiger partial charge in [-0.15, -0.1) is 0 Å². The average Bonchev–Trinajstić information content (AvgIpc) is 2.92. The van der Waals surface area contributed by atoms with E-state index in [4.69, 9.17) is 14.4 Å². The van der Waals surface area contributed by atoms with Gasteiger partial charge in [0.05, 0.1) is 5.56 Å². The molecule has 1 aromatic carbocycles. The number of ether oxygens (including phenoxy) is 1. The number of hydrogen-bond donors (Lipinski definition) is 1. The summed E-state index contributed by atoms with van der Waals surface area (Å²) in [5, 5.41) is 12.8. The number of rotatable bonds is 7. The summed E-state index contributed by atoms with van der Waals surface area (Å²) in [7, 11) is 0. The molecule has 6 heteroatoms.